The number of hydrogen-bond donors (Lipinski definition) is 2. The van der Waals surface area contributed by atoms with Crippen molar-refractivity contribution in [2.24, 2.45) is 0 Å². The van der Waals surface area contributed by atoms with E-state index in [2.05, 4.69) is 20.7 Å². The van der Waals surface area contributed by atoms with Gasteiger partial charge in [-0.2, -0.15) is 5.10 Å². The van der Waals surface area contributed by atoms with Gasteiger partial charge in [-0.05, 0) is 30.9 Å². The van der Waals surface area contributed by atoms with Crippen molar-refractivity contribution in [1.29, 1.82) is 0 Å². The van der Waals surface area contributed by atoms with Crippen molar-refractivity contribution < 1.29 is 9.53 Å². The molecule has 0 saturated carbocycles. The Morgan fingerprint density at radius 2 is 2.17 bits per heavy atom. The molecule has 0 aliphatic carbocycles. The fraction of sp³-hybridized carbons (Fsp3) is 0.471. The Balaban J connectivity index is 1.43. The molecule has 2 heterocycles. The summed E-state index contributed by atoms with van der Waals surface area (Å²) in [5.74, 6) is 0. The van der Waals surface area contributed by atoms with Crippen LogP contribution in [-0.4, -0.2) is 39.5 Å². The largest absolute Gasteiger partial charge is 0.376 e. The minimum absolute atomic E-state index is 0.0255. The van der Waals surface area contributed by atoms with Gasteiger partial charge in [0, 0.05) is 13.2 Å². The topological polar surface area (TPSA) is 81.1 Å². The van der Waals surface area contributed by atoms with E-state index in [0.717, 1.165) is 30.6 Å². The van der Waals surface area contributed by atoms with Crippen LogP contribution in [0, 0.1) is 0 Å². The molecule has 7 heteroatoms. The second-order valence-corrected chi connectivity index (χ2v) is 6.08. The van der Waals surface area contributed by atoms with E-state index >= 15 is 0 Å². The van der Waals surface area contributed by atoms with E-state index in [1.807, 2.05) is 31.2 Å². The first kappa shape index (κ1) is 16.4. The first-order valence-electron chi connectivity index (χ1n) is 8.27. The summed E-state index contributed by atoms with van der Waals surface area (Å²) in [4.78, 5) is 15.9. The molecule has 7 nitrogen and oxygen atoms in total. The second kappa shape index (κ2) is 7.92. The third-order valence-electron chi connectivity index (χ3n) is 4.17. The zero-order chi connectivity index (χ0) is 16.8. The number of aromatic nitrogens is 3. The van der Waals surface area contributed by atoms with Gasteiger partial charge in [-0.25, -0.2) is 14.5 Å². The molecule has 1 aliphatic heterocycles. The molecule has 1 aromatic heterocycles. The van der Waals surface area contributed by atoms with Crippen LogP contribution in [0.4, 0.5) is 4.79 Å². The summed E-state index contributed by atoms with van der Waals surface area (Å²) in [7, 11) is 0. The van der Waals surface area contributed by atoms with Gasteiger partial charge in [0.05, 0.1) is 18.7 Å². The van der Waals surface area contributed by atoms with Crippen molar-refractivity contribution in [3.05, 3.63) is 48.0 Å². The molecule has 1 aromatic carbocycles. The second-order valence-electron chi connectivity index (χ2n) is 6.08. The molecule has 1 saturated heterocycles. The van der Waals surface area contributed by atoms with Gasteiger partial charge in [-0.15, -0.1) is 0 Å². The Hall–Kier alpha value is -2.41. The van der Waals surface area contributed by atoms with E-state index in [4.69, 9.17) is 4.74 Å². The van der Waals surface area contributed by atoms with Crippen molar-refractivity contribution in [3.63, 3.8) is 0 Å². The van der Waals surface area contributed by atoms with Crippen molar-refractivity contribution in [2.75, 3.05) is 6.61 Å². The molecule has 1 fully saturated rings. The first-order chi connectivity index (χ1) is 11.7. The fourth-order valence-electron chi connectivity index (χ4n) is 2.79. The van der Waals surface area contributed by atoms with E-state index < -0.39 is 0 Å². The lowest BCUT2D eigenvalue weighted by Crippen LogP contribution is -2.45. The maximum atomic E-state index is 12.0. The Bertz CT molecular complexity index is 636. The molecule has 128 valence electrons. The third-order valence-corrected chi connectivity index (χ3v) is 4.17. The van der Waals surface area contributed by atoms with Gasteiger partial charge >= 0.3 is 6.03 Å². The molecule has 24 heavy (non-hydrogen) atoms. The predicted octanol–water partition coefficient (Wildman–Crippen LogP) is 1.69. The number of benzene rings is 1. The molecule has 2 atom stereocenters. The lowest BCUT2D eigenvalue weighted by molar-refractivity contribution is 0.0860. The molecule has 0 bridgehead atoms. The molecule has 1 aliphatic rings. The zero-order valence-corrected chi connectivity index (χ0v) is 13.8. The summed E-state index contributed by atoms with van der Waals surface area (Å²) in [6.45, 7) is 3.95. The highest BCUT2D eigenvalue weighted by atomic mass is 16.5. The summed E-state index contributed by atoms with van der Waals surface area (Å²) in [5.41, 5.74) is 2.19. The fourth-order valence-corrected chi connectivity index (χ4v) is 2.79. The monoisotopic (exact) mass is 329 g/mol. The molecule has 2 N–H and O–H groups in total. The number of ether oxygens (including phenoxy) is 1. The quantitative estimate of drug-likeness (QED) is 0.845. The summed E-state index contributed by atoms with van der Waals surface area (Å²) in [6, 6.07) is 7.95. The molecular formula is C17H23N5O2. The average Bonchev–Trinajstić information content (AvgIpc) is 3.28. The number of hydrogen-bond acceptors (Lipinski definition) is 4. The number of urea groups is 1. The predicted molar refractivity (Wildman–Crippen MR) is 89.4 cm³/mol. The summed E-state index contributed by atoms with van der Waals surface area (Å²) in [6.07, 6.45) is 5.42. The van der Waals surface area contributed by atoms with E-state index in [-0.39, 0.29) is 18.2 Å². The molecular weight excluding hydrogens is 306 g/mol. The third kappa shape index (κ3) is 4.55. The van der Waals surface area contributed by atoms with E-state index in [9.17, 15) is 4.79 Å². The maximum Gasteiger partial charge on any atom is 0.315 e. The van der Waals surface area contributed by atoms with Crippen molar-refractivity contribution in [2.45, 2.75) is 45.0 Å². The van der Waals surface area contributed by atoms with Gasteiger partial charge in [-0.3, -0.25) is 0 Å². The van der Waals surface area contributed by atoms with Gasteiger partial charge in [0.1, 0.15) is 12.7 Å². The molecule has 3 rings (SSSR count). The lowest BCUT2D eigenvalue weighted by Gasteiger charge is -2.20. The molecule has 2 aromatic rings. The number of rotatable bonds is 6. The summed E-state index contributed by atoms with van der Waals surface area (Å²) >= 11 is 0. The standard InChI is InChI=1S/C17H23N5O2/c1-13(16-3-2-8-24-16)21-17(23)19-9-14-4-6-15(7-5-14)10-22-12-18-11-20-22/h4-7,11-13,16H,2-3,8-10H2,1H3,(H2,19,21,23)/t13-,16+/m0/s1. The number of nitrogens with zero attached hydrogens (tertiary/aromatic N) is 3. The van der Waals surface area contributed by atoms with Crippen LogP contribution in [0.1, 0.15) is 30.9 Å². The van der Waals surface area contributed by atoms with E-state index in [0.29, 0.717) is 13.1 Å². The average molecular weight is 329 g/mol. The van der Waals surface area contributed by atoms with Crippen LogP contribution < -0.4 is 10.6 Å². The highest BCUT2D eigenvalue weighted by molar-refractivity contribution is 5.74. The van der Waals surface area contributed by atoms with Gasteiger partial charge in [-0.1, -0.05) is 24.3 Å². The normalized spacial score (nSPS) is 18.3. The Morgan fingerprint density at radius 1 is 1.38 bits per heavy atom. The molecule has 0 radical (unpaired) electrons. The smallest absolute Gasteiger partial charge is 0.315 e. The van der Waals surface area contributed by atoms with Crippen LogP contribution in [0.5, 0.6) is 0 Å². The number of nitrogens with one attached hydrogen (secondary N) is 2. The highest BCUT2D eigenvalue weighted by Crippen LogP contribution is 2.15. The number of carbonyl (C=O) groups is 1. The van der Waals surface area contributed by atoms with Gasteiger partial charge < -0.3 is 15.4 Å². The molecule has 2 amide bonds. The van der Waals surface area contributed by atoms with Crippen LogP contribution in [0.25, 0.3) is 0 Å². The maximum absolute atomic E-state index is 12.0. The Morgan fingerprint density at radius 3 is 2.83 bits per heavy atom. The van der Waals surface area contributed by atoms with Crippen molar-refractivity contribution in [1.82, 2.24) is 25.4 Å². The van der Waals surface area contributed by atoms with Gasteiger partial charge in [0.25, 0.3) is 0 Å². The van der Waals surface area contributed by atoms with E-state index in [1.54, 1.807) is 11.0 Å². The molecule has 0 unspecified atom stereocenters. The minimum atomic E-state index is -0.162. The highest BCUT2D eigenvalue weighted by Gasteiger charge is 2.23. The van der Waals surface area contributed by atoms with E-state index in [1.165, 1.54) is 6.33 Å². The van der Waals surface area contributed by atoms with Crippen molar-refractivity contribution >= 4 is 6.03 Å². The van der Waals surface area contributed by atoms with Gasteiger partial charge in [0.2, 0.25) is 0 Å². The lowest BCUT2D eigenvalue weighted by atomic mass is 10.1. The first-order valence-corrected chi connectivity index (χ1v) is 8.27. The van der Waals surface area contributed by atoms with Crippen LogP contribution >= 0.6 is 0 Å². The summed E-state index contributed by atoms with van der Waals surface area (Å²) in [5, 5.41) is 9.91. The SMILES string of the molecule is C[C@H](NC(=O)NCc1ccc(Cn2cncn2)cc1)[C@H]1CCCO1. The van der Waals surface area contributed by atoms with Crippen LogP contribution in [-0.2, 0) is 17.8 Å². The van der Waals surface area contributed by atoms with Crippen LogP contribution in [0.15, 0.2) is 36.9 Å². The van der Waals surface area contributed by atoms with Crippen molar-refractivity contribution in [3.8, 4) is 0 Å². The van der Waals surface area contributed by atoms with Crippen LogP contribution in [0.2, 0.25) is 0 Å². The number of carbonyl (C=O) groups excluding carboxylic acids is 1. The van der Waals surface area contributed by atoms with Gasteiger partial charge in [0.15, 0.2) is 0 Å². The summed E-state index contributed by atoms with van der Waals surface area (Å²) < 4.78 is 7.35. The number of amides is 2. The Labute approximate surface area is 141 Å². The minimum Gasteiger partial charge on any atom is -0.376 e. The zero-order valence-electron chi connectivity index (χ0n) is 13.8. The molecule has 0 spiro atoms. The Kier molecular flexibility index (Phi) is 5.43. The van der Waals surface area contributed by atoms with Crippen LogP contribution in [0.3, 0.4) is 0 Å².